The Morgan fingerprint density at radius 2 is 2.29 bits per heavy atom. The van der Waals surface area contributed by atoms with Crippen LogP contribution in [0, 0.1) is 11.8 Å². The summed E-state index contributed by atoms with van der Waals surface area (Å²) in [6.07, 6.45) is 2.63. The molecule has 1 atom stereocenters. The molecule has 0 aromatic rings. The Labute approximate surface area is 82.0 Å². The molecule has 0 spiro atoms. The van der Waals surface area contributed by atoms with Gasteiger partial charge in [0.1, 0.15) is 0 Å². The van der Waals surface area contributed by atoms with E-state index in [-0.39, 0.29) is 18.2 Å². The van der Waals surface area contributed by atoms with E-state index in [0.29, 0.717) is 12.5 Å². The van der Waals surface area contributed by atoms with E-state index in [4.69, 9.17) is 5.21 Å². The molecule has 2 rings (SSSR count). The van der Waals surface area contributed by atoms with Gasteiger partial charge in [0.2, 0.25) is 11.8 Å². The van der Waals surface area contributed by atoms with Crippen LogP contribution in [0.5, 0.6) is 0 Å². The molecule has 2 amide bonds. The van der Waals surface area contributed by atoms with Crippen molar-refractivity contribution < 1.29 is 14.8 Å². The second-order valence-corrected chi connectivity index (χ2v) is 4.12. The van der Waals surface area contributed by atoms with Crippen molar-refractivity contribution in [1.82, 2.24) is 10.4 Å². The molecule has 1 aliphatic heterocycles. The van der Waals surface area contributed by atoms with Gasteiger partial charge >= 0.3 is 0 Å². The van der Waals surface area contributed by atoms with E-state index < -0.39 is 5.91 Å². The van der Waals surface area contributed by atoms with Gasteiger partial charge in [0.05, 0.1) is 5.92 Å². The zero-order chi connectivity index (χ0) is 10.1. The van der Waals surface area contributed by atoms with Crippen LogP contribution in [0.2, 0.25) is 0 Å². The fraction of sp³-hybridized carbons (Fsp3) is 0.778. The first-order valence-corrected chi connectivity index (χ1v) is 4.92. The molecular formula is C9H14N2O3. The lowest BCUT2D eigenvalue weighted by Gasteiger charge is -2.15. The Morgan fingerprint density at radius 1 is 1.57 bits per heavy atom. The van der Waals surface area contributed by atoms with Gasteiger partial charge in [0.15, 0.2) is 0 Å². The van der Waals surface area contributed by atoms with Crippen molar-refractivity contribution in [2.75, 3.05) is 13.1 Å². The average molecular weight is 198 g/mol. The molecule has 1 saturated carbocycles. The van der Waals surface area contributed by atoms with Crippen molar-refractivity contribution in [1.29, 1.82) is 0 Å². The number of likely N-dealkylation sites (tertiary alicyclic amines) is 1. The van der Waals surface area contributed by atoms with Crippen LogP contribution >= 0.6 is 0 Å². The predicted octanol–water partition coefficient (Wildman–Crippen LogP) is -0.250. The minimum atomic E-state index is -0.448. The van der Waals surface area contributed by atoms with Crippen molar-refractivity contribution in [2.24, 2.45) is 11.8 Å². The summed E-state index contributed by atoms with van der Waals surface area (Å²) in [5, 5.41) is 8.43. The summed E-state index contributed by atoms with van der Waals surface area (Å²) in [7, 11) is 0. The highest BCUT2D eigenvalue weighted by molar-refractivity contribution is 5.88. The molecule has 1 saturated heterocycles. The predicted molar refractivity (Wildman–Crippen MR) is 47.3 cm³/mol. The van der Waals surface area contributed by atoms with Gasteiger partial charge in [0.25, 0.3) is 0 Å². The van der Waals surface area contributed by atoms with Crippen molar-refractivity contribution in [3.8, 4) is 0 Å². The van der Waals surface area contributed by atoms with Gasteiger partial charge in [-0.3, -0.25) is 14.8 Å². The Morgan fingerprint density at radius 3 is 2.86 bits per heavy atom. The van der Waals surface area contributed by atoms with E-state index in [1.54, 1.807) is 10.4 Å². The first-order valence-electron chi connectivity index (χ1n) is 4.92. The summed E-state index contributed by atoms with van der Waals surface area (Å²) in [6, 6.07) is 0. The fourth-order valence-corrected chi connectivity index (χ4v) is 1.83. The van der Waals surface area contributed by atoms with Crippen LogP contribution in [-0.4, -0.2) is 35.0 Å². The standard InChI is InChI=1S/C9H14N2O3/c12-8-3-7(9(13)10-14)5-11(8)4-6-1-2-6/h6-7,14H,1-5H2,(H,10,13). The van der Waals surface area contributed by atoms with E-state index in [2.05, 4.69) is 0 Å². The minimum Gasteiger partial charge on any atom is -0.342 e. The molecule has 5 heteroatoms. The highest BCUT2D eigenvalue weighted by Crippen LogP contribution is 2.31. The molecule has 1 aliphatic carbocycles. The zero-order valence-electron chi connectivity index (χ0n) is 7.90. The first-order chi connectivity index (χ1) is 6.70. The molecule has 0 aromatic carbocycles. The lowest BCUT2D eigenvalue weighted by Crippen LogP contribution is -2.31. The molecule has 14 heavy (non-hydrogen) atoms. The summed E-state index contributed by atoms with van der Waals surface area (Å²) in [5.41, 5.74) is 1.60. The molecule has 5 nitrogen and oxygen atoms in total. The van der Waals surface area contributed by atoms with E-state index in [1.807, 2.05) is 0 Å². The molecule has 0 aromatic heterocycles. The molecular weight excluding hydrogens is 184 g/mol. The maximum Gasteiger partial charge on any atom is 0.248 e. The van der Waals surface area contributed by atoms with E-state index in [1.165, 1.54) is 12.8 Å². The molecule has 2 fully saturated rings. The highest BCUT2D eigenvalue weighted by Gasteiger charge is 2.36. The summed E-state index contributed by atoms with van der Waals surface area (Å²) in [4.78, 5) is 24.2. The van der Waals surface area contributed by atoms with Gasteiger partial charge in [-0.15, -0.1) is 0 Å². The maximum atomic E-state index is 11.4. The molecule has 0 bridgehead atoms. The Bertz CT molecular complexity index is 263. The highest BCUT2D eigenvalue weighted by atomic mass is 16.5. The first kappa shape index (κ1) is 9.45. The van der Waals surface area contributed by atoms with E-state index >= 15 is 0 Å². The second-order valence-electron chi connectivity index (χ2n) is 4.12. The third kappa shape index (κ3) is 1.87. The van der Waals surface area contributed by atoms with Crippen LogP contribution in [0.3, 0.4) is 0 Å². The topological polar surface area (TPSA) is 69.6 Å². The lowest BCUT2D eigenvalue weighted by molar-refractivity contribution is -0.133. The number of rotatable bonds is 3. The fourth-order valence-electron chi connectivity index (χ4n) is 1.83. The monoisotopic (exact) mass is 198 g/mol. The number of hydroxylamine groups is 1. The number of hydrogen-bond acceptors (Lipinski definition) is 3. The maximum absolute atomic E-state index is 11.4. The van der Waals surface area contributed by atoms with Gasteiger partial charge in [-0.25, -0.2) is 5.48 Å². The van der Waals surface area contributed by atoms with Gasteiger partial charge in [-0.2, -0.15) is 0 Å². The smallest absolute Gasteiger partial charge is 0.248 e. The molecule has 78 valence electrons. The SMILES string of the molecule is O=C(NO)C1CC(=O)N(CC2CC2)C1. The number of amides is 2. The molecule has 2 N–H and O–H groups in total. The third-order valence-corrected chi connectivity index (χ3v) is 2.87. The Balaban J connectivity index is 1.88. The number of carbonyl (C=O) groups excluding carboxylic acids is 2. The number of nitrogens with one attached hydrogen (secondary N) is 1. The van der Waals surface area contributed by atoms with Crippen molar-refractivity contribution in [3.63, 3.8) is 0 Å². The van der Waals surface area contributed by atoms with Crippen LogP contribution in [0.4, 0.5) is 0 Å². The Hall–Kier alpha value is -1.10. The Kier molecular flexibility index (Phi) is 2.41. The van der Waals surface area contributed by atoms with Crippen molar-refractivity contribution in [2.45, 2.75) is 19.3 Å². The molecule has 1 heterocycles. The minimum absolute atomic E-state index is 0.0329. The van der Waals surface area contributed by atoms with E-state index in [9.17, 15) is 9.59 Å². The quantitative estimate of drug-likeness (QED) is 0.485. The summed E-state index contributed by atoms with van der Waals surface area (Å²) in [5.74, 6) is -0.136. The lowest BCUT2D eigenvalue weighted by atomic mass is 10.1. The molecule has 0 radical (unpaired) electrons. The molecule has 2 aliphatic rings. The number of hydrogen-bond donors (Lipinski definition) is 2. The van der Waals surface area contributed by atoms with Crippen LogP contribution in [0.15, 0.2) is 0 Å². The van der Waals surface area contributed by atoms with Crippen LogP contribution in [-0.2, 0) is 9.59 Å². The summed E-state index contributed by atoms with van der Waals surface area (Å²) in [6.45, 7) is 1.25. The largest absolute Gasteiger partial charge is 0.342 e. The third-order valence-electron chi connectivity index (χ3n) is 2.87. The zero-order valence-corrected chi connectivity index (χ0v) is 7.90. The van der Waals surface area contributed by atoms with Crippen molar-refractivity contribution >= 4 is 11.8 Å². The average Bonchev–Trinajstić information content (AvgIpc) is 2.91. The van der Waals surface area contributed by atoms with Gasteiger partial charge < -0.3 is 4.90 Å². The van der Waals surface area contributed by atoms with Crippen LogP contribution in [0.1, 0.15) is 19.3 Å². The number of nitrogens with zero attached hydrogens (tertiary/aromatic N) is 1. The van der Waals surface area contributed by atoms with Gasteiger partial charge in [0, 0.05) is 19.5 Å². The van der Waals surface area contributed by atoms with Crippen LogP contribution < -0.4 is 5.48 Å². The van der Waals surface area contributed by atoms with Crippen LogP contribution in [0.25, 0.3) is 0 Å². The summed E-state index contributed by atoms with van der Waals surface area (Å²) < 4.78 is 0. The normalized spacial score (nSPS) is 26.8. The second kappa shape index (κ2) is 3.57. The van der Waals surface area contributed by atoms with Crippen molar-refractivity contribution in [3.05, 3.63) is 0 Å². The van der Waals surface area contributed by atoms with E-state index in [0.717, 1.165) is 6.54 Å². The van der Waals surface area contributed by atoms with Gasteiger partial charge in [-0.1, -0.05) is 0 Å². The molecule has 1 unspecified atom stereocenters. The number of carbonyl (C=O) groups is 2. The summed E-state index contributed by atoms with van der Waals surface area (Å²) >= 11 is 0. The van der Waals surface area contributed by atoms with Gasteiger partial charge in [-0.05, 0) is 18.8 Å².